The van der Waals surface area contributed by atoms with Gasteiger partial charge in [-0.25, -0.2) is 0 Å². The summed E-state index contributed by atoms with van der Waals surface area (Å²) in [4.78, 5) is 13.1. The summed E-state index contributed by atoms with van der Waals surface area (Å²) in [6.45, 7) is 3.45. The van der Waals surface area contributed by atoms with Crippen LogP contribution < -0.4 is 0 Å². The molecule has 0 fully saturated rings. The topological polar surface area (TPSA) is 37.3 Å². The van der Waals surface area contributed by atoms with Crippen molar-refractivity contribution in [3.05, 3.63) is 21.4 Å². The van der Waals surface area contributed by atoms with Gasteiger partial charge in [0.15, 0.2) is 5.78 Å². The summed E-state index contributed by atoms with van der Waals surface area (Å²) in [7, 11) is 0. The Morgan fingerprint density at radius 2 is 2.27 bits per heavy atom. The summed E-state index contributed by atoms with van der Waals surface area (Å²) >= 11 is 1.58. The monoisotopic (exact) mass is 170 g/mol. The first-order chi connectivity index (χ1) is 5.15. The lowest BCUT2D eigenvalue weighted by Crippen LogP contribution is -2.03. The lowest BCUT2D eigenvalue weighted by Gasteiger charge is -1.92. The quantitative estimate of drug-likeness (QED) is 0.683. The third kappa shape index (κ3) is 1.67. The first kappa shape index (κ1) is 8.43. The lowest BCUT2D eigenvalue weighted by molar-refractivity contribution is 0.0903. The number of Topliss-reactive ketones (excluding diaryl/α,β-unsaturated/α-hetero) is 1. The van der Waals surface area contributed by atoms with Crippen LogP contribution in [-0.2, 0) is 0 Å². The van der Waals surface area contributed by atoms with Crippen LogP contribution in [0.3, 0.4) is 0 Å². The van der Waals surface area contributed by atoms with Gasteiger partial charge in [-0.1, -0.05) is 0 Å². The van der Waals surface area contributed by atoms with Crippen molar-refractivity contribution < 1.29 is 9.90 Å². The molecule has 0 bridgehead atoms. The highest BCUT2D eigenvalue weighted by Gasteiger charge is 2.09. The van der Waals surface area contributed by atoms with Gasteiger partial charge in [-0.2, -0.15) is 0 Å². The van der Waals surface area contributed by atoms with Crippen LogP contribution in [0.15, 0.2) is 6.07 Å². The van der Waals surface area contributed by atoms with Crippen molar-refractivity contribution in [2.45, 2.75) is 13.8 Å². The van der Waals surface area contributed by atoms with Crippen molar-refractivity contribution in [1.29, 1.82) is 0 Å². The molecule has 0 saturated carbocycles. The van der Waals surface area contributed by atoms with E-state index in [1.807, 2.05) is 19.9 Å². The van der Waals surface area contributed by atoms with Gasteiger partial charge >= 0.3 is 0 Å². The number of aliphatic hydroxyl groups is 1. The smallest absolute Gasteiger partial charge is 0.189 e. The molecule has 11 heavy (non-hydrogen) atoms. The van der Waals surface area contributed by atoms with Crippen molar-refractivity contribution in [1.82, 2.24) is 0 Å². The van der Waals surface area contributed by atoms with Crippen LogP contribution in [0, 0.1) is 13.8 Å². The highest BCUT2D eigenvalue weighted by atomic mass is 32.1. The fraction of sp³-hybridized carbons (Fsp3) is 0.375. The van der Waals surface area contributed by atoms with Crippen molar-refractivity contribution >= 4 is 17.1 Å². The fourth-order valence-electron chi connectivity index (χ4n) is 0.993. The maximum Gasteiger partial charge on any atom is 0.189 e. The van der Waals surface area contributed by atoms with Gasteiger partial charge in [0.1, 0.15) is 6.61 Å². The van der Waals surface area contributed by atoms with Crippen LogP contribution >= 0.6 is 11.3 Å². The minimum atomic E-state index is -0.392. The van der Waals surface area contributed by atoms with E-state index in [9.17, 15) is 4.79 Å². The zero-order chi connectivity index (χ0) is 8.43. The molecule has 0 aromatic carbocycles. The number of thiophene rings is 1. The second-order valence-electron chi connectivity index (χ2n) is 2.41. The zero-order valence-electron chi connectivity index (χ0n) is 6.55. The van der Waals surface area contributed by atoms with Crippen molar-refractivity contribution in [3.63, 3.8) is 0 Å². The molecule has 0 radical (unpaired) electrons. The summed E-state index contributed by atoms with van der Waals surface area (Å²) in [5.74, 6) is -0.188. The second kappa shape index (κ2) is 3.15. The summed E-state index contributed by atoms with van der Waals surface area (Å²) in [6, 6.07) is 1.82. The molecule has 1 N–H and O–H groups in total. The molecule has 0 atom stereocenters. The Hall–Kier alpha value is -0.670. The molecule has 0 aliphatic heterocycles. The zero-order valence-corrected chi connectivity index (χ0v) is 7.36. The average molecular weight is 170 g/mol. The van der Waals surface area contributed by atoms with Gasteiger partial charge in [-0.05, 0) is 19.9 Å². The van der Waals surface area contributed by atoms with Gasteiger partial charge in [0, 0.05) is 15.3 Å². The molecule has 1 rings (SSSR count). The van der Waals surface area contributed by atoms with Gasteiger partial charge in [0.05, 0.1) is 0 Å². The SMILES string of the molecule is Cc1cc(C(=O)CO)c(C)s1. The first-order valence-electron chi connectivity index (χ1n) is 3.36. The molecule has 0 saturated heterocycles. The number of hydrogen-bond acceptors (Lipinski definition) is 3. The van der Waals surface area contributed by atoms with Gasteiger partial charge < -0.3 is 5.11 Å². The van der Waals surface area contributed by atoms with E-state index >= 15 is 0 Å². The van der Waals surface area contributed by atoms with E-state index in [4.69, 9.17) is 5.11 Å². The van der Waals surface area contributed by atoms with Gasteiger partial charge in [0.2, 0.25) is 0 Å². The van der Waals surface area contributed by atoms with Gasteiger partial charge in [-0.15, -0.1) is 11.3 Å². The number of hydrogen-bond donors (Lipinski definition) is 1. The van der Waals surface area contributed by atoms with Gasteiger partial charge in [-0.3, -0.25) is 4.79 Å². The number of carbonyl (C=O) groups excluding carboxylic acids is 1. The van der Waals surface area contributed by atoms with Crippen LogP contribution in [-0.4, -0.2) is 17.5 Å². The second-order valence-corrected chi connectivity index (χ2v) is 3.87. The summed E-state index contributed by atoms with van der Waals surface area (Å²) in [5, 5.41) is 8.58. The Kier molecular flexibility index (Phi) is 2.42. The predicted molar refractivity (Wildman–Crippen MR) is 45.2 cm³/mol. The highest BCUT2D eigenvalue weighted by molar-refractivity contribution is 7.12. The molecule has 0 amide bonds. The van der Waals surface area contributed by atoms with E-state index in [2.05, 4.69) is 0 Å². The third-order valence-corrected chi connectivity index (χ3v) is 2.45. The van der Waals surface area contributed by atoms with Crippen LogP contribution in [0.5, 0.6) is 0 Å². The first-order valence-corrected chi connectivity index (χ1v) is 4.18. The van der Waals surface area contributed by atoms with Gasteiger partial charge in [0.25, 0.3) is 0 Å². The Bertz CT molecular complexity index is 276. The number of aryl methyl sites for hydroxylation is 2. The largest absolute Gasteiger partial charge is 0.388 e. The van der Waals surface area contributed by atoms with E-state index in [1.165, 1.54) is 0 Å². The predicted octanol–water partition coefficient (Wildman–Crippen LogP) is 1.54. The van der Waals surface area contributed by atoms with E-state index < -0.39 is 6.61 Å². The molecule has 1 aromatic heterocycles. The van der Waals surface area contributed by atoms with Crippen LogP contribution in [0.4, 0.5) is 0 Å². The van der Waals surface area contributed by atoms with E-state index in [0.29, 0.717) is 5.56 Å². The molecule has 3 heteroatoms. The number of ketones is 1. The molecule has 1 aromatic rings. The lowest BCUT2D eigenvalue weighted by atomic mass is 10.2. The molecule has 0 spiro atoms. The molecule has 60 valence electrons. The number of carbonyl (C=O) groups is 1. The molecule has 1 heterocycles. The third-order valence-electron chi connectivity index (χ3n) is 1.48. The van der Waals surface area contributed by atoms with E-state index in [-0.39, 0.29) is 5.78 Å². The Morgan fingerprint density at radius 1 is 1.64 bits per heavy atom. The molecule has 2 nitrogen and oxygen atoms in total. The highest BCUT2D eigenvalue weighted by Crippen LogP contribution is 2.20. The number of rotatable bonds is 2. The summed E-state index contributed by atoms with van der Waals surface area (Å²) in [5.41, 5.74) is 0.662. The number of aliphatic hydroxyl groups excluding tert-OH is 1. The Morgan fingerprint density at radius 3 is 2.64 bits per heavy atom. The van der Waals surface area contributed by atoms with Crippen molar-refractivity contribution in [3.8, 4) is 0 Å². The Labute approximate surface area is 69.5 Å². The van der Waals surface area contributed by atoms with Crippen LogP contribution in [0.2, 0.25) is 0 Å². The minimum absolute atomic E-state index is 0.188. The van der Waals surface area contributed by atoms with Crippen LogP contribution in [0.25, 0.3) is 0 Å². The maximum atomic E-state index is 11.0. The molecule has 0 aliphatic rings. The normalized spacial score (nSPS) is 10.1. The molecule has 0 aliphatic carbocycles. The summed E-state index contributed by atoms with van der Waals surface area (Å²) < 4.78 is 0. The molecular formula is C8H10O2S. The average Bonchev–Trinajstić information content (AvgIpc) is 2.28. The molecule has 0 unspecified atom stereocenters. The van der Waals surface area contributed by atoms with E-state index in [1.54, 1.807) is 11.3 Å². The summed E-state index contributed by atoms with van der Waals surface area (Å²) in [6.07, 6.45) is 0. The minimum Gasteiger partial charge on any atom is -0.388 e. The standard InChI is InChI=1S/C8H10O2S/c1-5-3-7(6(2)11-5)8(10)4-9/h3,9H,4H2,1-2H3. The Balaban J connectivity index is 3.03. The fourth-order valence-corrected chi connectivity index (χ4v) is 1.94. The molecular weight excluding hydrogens is 160 g/mol. The van der Waals surface area contributed by atoms with Crippen molar-refractivity contribution in [2.24, 2.45) is 0 Å². The van der Waals surface area contributed by atoms with Crippen molar-refractivity contribution in [2.75, 3.05) is 6.61 Å². The maximum absolute atomic E-state index is 11.0. The van der Waals surface area contributed by atoms with Crippen LogP contribution in [0.1, 0.15) is 20.1 Å². The van der Waals surface area contributed by atoms with E-state index in [0.717, 1.165) is 9.75 Å².